The van der Waals surface area contributed by atoms with Crippen LogP contribution in [0.25, 0.3) is 0 Å². The van der Waals surface area contributed by atoms with Crippen molar-refractivity contribution in [3.8, 4) is 0 Å². The number of rotatable bonds is 5. The summed E-state index contributed by atoms with van der Waals surface area (Å²) in [4.78, 5) is -0.0939. The van der Waals surface area contributed by atoms with Gasteiger partial charge in [0.25, 0.3) is 0 Å². The lowest BCUT2D eigenvalue weighted by Crippen LogP contribution is -2.26. The van der Waals surface area contributed by atoms with Crippen molar-refractivity contribution in [2.45, 2.75) is 18.0 Å². The topological polar surface area (TPSA) is 70.8 Å². The molecular weight excluding hydrogens is 337 g/mol. The quantitative estimate of drug-likeness (QED) is 0.900. The number of aliphatic hydroxyl groups excluding tert-OH is 1. The van der Waals surface area contributed by atoms with E-state index in [9.17, 15) is 13.5 Å². The third kappa shape index (κ3) is 3.25. The molecule has 0 aliphatic heterocycles. The molecule has 0 spiro atoms. The Bertz CT molecular complexity index is 729. The van der Waals surface area contributed by atoms with Gasteiger partial charge in [0.05, 0.1) is 24.2 Å². The van der Waals surface area contributed by atoms with Gasteiger partial charge in [0.15, 0.2) is 0 Å². The summed E-state index contributed by atoms with van der Waals surface area (Å²) >= 11 is 11.9. The first kappa shape index (κ1) is 16.3. The van der Waals surface area contributed by atoms with Gasteiger partial charge in [-0.05, 0) is 18.2 Å². The molecule has 1 aromatic heterocycles. The molecule has 21 heavy (non-hydrogen) atoms. The zero-order chi connectivity index (χ0) is 15.6. The summed E-state index contributed by atoms with van der Waals surface area (Å²) < 4.78 is 31.1. The van der Waals surface area contributed by atoms with Gasteiger partial charge in [-0.3, -0.25) is 0 Å². The van der Waals surface area contributed by atoms with Crippen molar-refractivity contribution in [1.29, 1.82) is 0 Å². The van der Waals surface area contributed by atoms with Crippen molar-refractivity contribution in [1.82, 2.24) is 4.31 Å². The van der Waals surface area contributed by atoms with Gasteiger partial charge in [0.1, 0.15) is 4.90 Å². The highest BCUT2D eigenvalue weighted by molar-refractivity contribution is 7.89. The van der Waals surface area contributed by atoms with Gasteiger partial charge < -0.3 is 9.52 Å². The number of furan rings is 1. The van der Waals surface area contributed by atoms with Crippen molar-refractivity contribution in [2.75, 3.05) is 7.05 Å². The second kappa shape index (κ2) is 6.37. The Morgan fingerprint density at radius 2 is 2.00 bits per heavy atom. The Morgan fingerprint density at radius 3 is 2.57 bits per heavy atom. The normalized spacial score (nSPS) is 12.0. The van der Waals surface area contributed by atoms with Gasteiger partial charge in [-0.15, -0.1) is 0 Å². The summed E-state index contributed by atoms with van der Waals surface area (Å²) in [5.74, 6) is 0. The number of hydrogen-bond acceptors (Lipinski definition) is 4. The Hall–Kier alpha value is -1.05. The number of hydrogen-bond donors (Lipinski definition) is 1. The van der Waals surface area contributed by atoms with Crippen LogP contribution < -0.4 is 0 Å². The van der Waals surface area contributed by atoms with Crippen molar-refractivity contribution >= 4 is 33.2 Å². The molecule has 0 saturated heterocycles. The van der Waals surface area contributed by atoms with Crippen LogP contribution >= 0.6 is 23.2 Å². The van der Waals surface area contributed by atoms with Gasteiger partial charge >= 0.3 is 0 Å². The van der Waals surface area contributed by atoms with E-state index in [1.165, 1.54) is 31.7 Å². The number of aliphatic hydroxyl groups is 1. The molecule has 8 heteroatoms. The average Bonchev–Trinajstić information content (AvgIpc) is 2.91. The Morgan fingerprint density at radius 1 is 1.29 bits per heavy atom. The standard InChI is InChI=1S/C13H13Cl2NO4S/c1-16(6-9-4-5-20-8-9)21(18,19)12-3-2-11(14)10(7-17)13(12)15/h2-5,8,17H,6-7H2,1H3. The minimum Gasteiger partial charge on any atom is -0.472 e. The molecule has 0 fully saturated rings. The van der Waals surface area contributed by atoms with Crippen molar-refractivity contribution < 1.29 is 17.9 Å². The SMILES string of the molecule is CN(Cc1ccoc1)S(=O)(=O)c1ccc(Cl)c(CO)c1Cl. The predicted molar refractivity (Wildman–Crippen MR) is 79.7 cm³/mol. The number of benzene rings is 1. The van der Waals surface area contributed by atoms with E-state index >= 15 is 0 Å². The molecule has 114 valence electrons. The molecule has 1 N–H and O–H groups in total. The van der Waals surface area contributed by atoms with E-state index in [0.29, 0.717) is 5.56 Å². The van der Waals surface area contributed by atoms with Crippen LogP contribution in [0.15, 0.2) is 40.0 Å². The lowest BCUT2D eigenvalue weighted by Gasteiger charge is -2.18. The molecule has 0 aliphatic carbocycles. The maximum Gasteiger partial charge on any atom is 0.244 e. The fraction of sp³-hybridized carbons (Fsp3) is 0.231. The van der Waals surface area contributed by atoms with E-state index in [2.05, 4.69) is 0 Å². The zero-order valence-electron chi connectivity index (χ0n) is 11.1. The smallest absolute Gasteiger partial charge is 0.244 e. The van der Waals surface area contributed by atoms with Crippen LogP contribution in [-0.4, -0.2) is 24.9 Å². The van der Waals surface area contributed by atoms with Gasteiger partial charge in [-0.2, -0.15) is 4.31 Å². The molecule has 0 radical (unpaired) electrons. The van der Waals surface area contributed by atoms with Crippen LogP contribution in [0, 0.1) is 0 Å². The monoisotopic (exact) mass is 349 g/mol. The van der Waals surface area contributed by atoms with Crippen molar-refractivity contribution in [3.05, 3.63) is 51.9 Å². The third-order valence-electron chi connectivity index (χ3n) is 2.98. The molecule has 0 unspecified atom stereocenters. The Balaban J connectivity index is 2.40. The van der Waals surface area contributed by atoms with E-state index in [1.807, 2.05) is 0 Å². The summed E-state index contributed by atoms with van der Waals surface area (Å²) in [5, 5.41) is 9.40. The molecule has 0 amide bonds. The second-order valence-corrected chi connectivity index (χ2v) is 7.19. The molecule has 0 aliphatic rings. The molecule has 2 aromatic rings. The lowest BCUT2D eigenvalue weighted by molar-refractivity contribution is 0.281. The predicted octanol–water partition coefficient (Wildman–Crippen LogP) is 2.90. The van der Waals surface area contributed by atoms with E-state index < -0.39 is 16.6 Å². The molecule has 5 nitrogen and oxygen atoms in total. The second-order valence-electron chi connectivity index (χ2n) is 4.39. The van der Waals surface area contributed by atoms with Crippen LogP contribution in [0.3, 0.4) is 0 Å². The molecule has 0 bridgehead atoms. The van der Waals surface area contributed by atoms with Crippen LogP contribution in [0.2, 0.25) is 10.0 Å². The highest BCUT2D eigenvalue weighted by Gasteiger charge is 2.26. The fourth-order valence-corrected chi connectivity index (χ4v) is 3.84. The lowest BCUT2D eigenvalue weighted by atomic mass is 10.2. The largest absolute Gasteiger partial charge is 0.472 e. The van der Waals surface area contributed by atoms with Gasteiger partial charge in [0.2, 0.25) is 10.0 Å². The van der Waals surface area contributed by atoms with Gasteiger partial charge in [-0.25, -0.2) is 8.42 Å². The van der Waals surface area contributed by atoms with Crippen molar-refractivity contribution in [3.63, 3.8) is 0 Å². The Kier molecular flexibility index (Phi) is 4.95. The Labute approximate surface area is 132 Å². The van der Waals surface area contributed by atoms with Crippen molar-refractivity contribution in [2.24, 2.45) is 0 Å². The number of sulfonamides is 1. The molecule has 0 saturated carbocycles. The highest BCUT2D eigenvalue weighted by atomic mass is 35.5. The molecule has 2 rings (SSSR count). The summed E-state index contributed by atoms with van der Waals surface area (Å²) in [7, 11) is -2.37. The van der Waals surface area contributed by atoms with E-state index in [1.54, 1.807) is 6.07 Å². The first-order valence-electron chi connectivity index (χ1n) is 5.93. The van der Waals surface area contributed by atoms with Crippen LogP contribution in [0.1, 0.15) is 11.1 Å². The number of halogens is 2. The van der Waals surface area contributed by atoms with Crippen LogP contribution in [0.4, 0.5) is 0 Å². The first-order chi connectivity index (χ1) is 9.87. The number of nitrogens with zero attached hydrogens (tertiary/aromatic N) is 1. The minimum absolute atomic E-state index is 0.0657. The molecule has 1 heterocycles. The van der Waals surface area contributed by atoms with E-state index in [-0.39, 0.29) is 27.0 Å². The summed E-state index contributed by atoms with van der Waals surface area (Å²) in [5.41, 5.74) is 0.907. The zero-order valence-corrected chi connectivity index (χ0v) is 13.4. The first-order valence-corrected chi connectivity index (χ1v) is 8.12. The van der Waals surface area contributed by atoms with E-state index in [4.69, 9.17) is 27.6 Å². The fourth-order valence-electron chi connectivity index (χ4n) is 1.81. The molecular formula is C13H13Cl2NO4S. The van der Waals surface area contributed by atoms with Crippen LogP contribution in [-0.2, 0) is 23.2 Å². The maximum atomic E-state index is 12.5. The average molecular weight is 350 g/mol. The van der Waals surface area contributed by atoms with Gasteiger partial charge in [-0.1, -0.05) is 23.2 Å². The van der Waals surface area contributed by atoms with Gasteiger partial charge in [0, 0.05) is 29.7 Å². The summed E-state index contributed by atoms with van der Waals surface area (Å²) in [6.07, 6.45) is 2.93. The summed E-state index contributed by atoms with van der Waals surface area (Å²) in [6.45, 7) is -0.293. The highest BCUT2D eigenvalue weighted by Crippen LogP contribution is 2.32. The third-order valence-corrected chi connectivity index (χ3v) is 5.73. The molecule has 0 atom stereocenters. The maximum absolute atomic E-state index is 12.5. The van der Waals surface area contributed by atoms with Crippen LogP contribution in [0.5, 0.6) is 0 Å². The minimum atomic E-state index is -3.81. The molecule has 1 aromatic carbocycles. The summed E-state index contributed by atoms with van der Waals surface area (Å²) in [6, 6.07) is 4.40. The van der Waals surface area contributed by atoms with E-state index in [0.717, 1.165) is 4.31 Å².